The number of nitrogens with two attached hydrogens (primary N) is 1. The highest BCUT2D eigenvalue weighted by Gasteiger charge is 2.04. The fraction of sp³-hybridized carbons (Fsp3) is 0.143. The molecule has 0 radical (unpaired) electrons. The first-order valence-corrected chi connectivity index (χ1v) is 9.41. The van der Waals surface area contributed by atoms with Crippen molar-refractivity contribution < 1.29 is 8.42 Å². The zero-order valence-corrected chi connectivity index (χ0v) is 15.0. The van der Waals surface area contributed by atoms with Gasteiger partial charge in [-0.25, -0.2) is 13.6 Å². The molecule has 7 heteroatoms. The van der Waals surface area contributed by atoms with Gasteiger partial charge in [-0.3, -0.25) is 0 Å². The molecule has 3 N–H and O–H groups in total. The highest BCUT2D eigenvalue weighted by Crippen LogP contribution is 2.24. The third-order valence-corrected chi connectivity index (χ3v) is 5.42. The van der Waals surface area contributed by atoms with E-state index in [9.17, 15) is 8.42 Å². The molecule has 0 spiro atoms. The molecule has 0 aliphatic carbocycles. The summed E-state index contributed by atoms with van der Waals surface area (Å²) in [4.78, 5) is 0. The van der Waals surface area contributed by atoms with Crippen LogP contribution in [0, 0.1) is 0 Å². The minimum atomic E-state index is -3.48. The SMILES string of the molecule is NS(=O)(=O)Cc1ccc(NCc2ccc(Br)c(Br)c2)cc1. The van der Waals surface area contributed by atoms with Crippen molar-refractivity contribution >= 4 is 47.6 Å². The Bertz CT molecular complexity index is 731. The predicted molar refractivity (Wildman–Crippen MR) is 92.4 cm³/mol. The largest absolute Gasteiger partial charge is 0.381 e. The lowest BCUT2D eigenvalue weighted by Gasteiger charge is -2.08. The van der Waals surface area contributed by atoms with Gasteiger partial charge in [0.2, 0.25) is 10.0 Å². The molecular weight excluding hydrogens is 420 g/mol. The molecule has 112 valence electrons. The number of nitrogens with one attached hydrogen (secondary N) is 1. The van der Waals surface area contributed by atoms with Crippen molar-refractivity contribution in [3.63, 3.8) is 0 Å². The molecular formula is C14H14Br2N2O2S. The number of halogens is 2. The maximum atomic E-state index is 11.0. The Hall–Kier alpha value is -0.890. The van der Waals surface area contributed by atoms with E-state index in [1.807, 2.05) is 30.3 Å². The Morgan fingerprint density at radius 2 is 1.57 bits per heavy atom. The zero-order valence-electron chi connectivity index (χ0n) is 11.0. The molecule has 0 aliphatic rings. The molecule has 0 amide bonds. The average Bonchev–Trinajstić information content (AvgIpc) is 2.40. The minimum Gasteiger partial charge on any atom is -0.381 e. The van der Waals surface area contributed by atoms with Crippen LogP contribution in [-0.2, 0) is 22.3 Å². The van der Waals surface area contributed by atoms with E-state index in [1.54, 1.807) is 12.1 Å². The van der Waals surface area contributed by atoms with Gasteiger partial charge in [0.25, 0.3) is 0 Å². The quantitative estimate of drug-likeness (QED) is 0.756. The standard InChI is InChI=1S/C14H14Br2N2O2S/c15-13-6-3-11(7-14(13)16)8-18-12-4-1-10(2-5-12)9-21(17,19)20/h1-7,18H,8-9H2,(H2,17,19,20). The summed E-state index contributed by atoms with van der Waals surface area (Å²) in [6.07, 6.45) is 0. The smallest absolute Gasteiger partial charge is 0.213 e. The van der Waals surface area contributed by atoms with Crippen LogP contribution in [0.5, 0.6) is 0 Å². The molecule has 0 aromatic heterocycles. The maximum absolute atomic E-state index is 11.0. The van der Waals surface area contributed by atoms with Gasteiger partial charge < -0.3 is 5.32 Å². The minimum absolute atomic E-state index is 0.146. The molecule has 4 nitrogen and oxygen atoms in total. The van der Waals surface area contributed by atoms with E-state index >= 15 is 0 Å². The Labute approximate surface area is 141 Å². The number of hydrogen-bond acceptors (Lipinski definition) is 3. The Morgan fingerprint density at radius 3 is 2.14 bits per heavy atom. The number of anilines is 1. The number of rotatable bonds is 5. The van der Waals surface area contributed by atoms with Gasteiger partial charge in [-0.1, -0.05) is 18.2 Å². The van der Waals surface area contributed by atoms with Gasteiger partial charge in [0.05, 0.1) is 5.75 Å². The summed E-state index contributed by atoms with van der Waals surface area (Å²) in [5.74, 6) is -0.146. The molecule has 0 fully saturated rings. The van der Waals surface area contributed by atoms with Crippen molar-refractivity contribution in [2.24, 2.45) is 5.14 Å². The molecule has 2 rings (SSSR count). The second-order valence-corrected chi connectivity index (χ2v) is 7.93. The lowest BCUT2D eigenvalue weighted by atomic mass is 10.2. The second-order valence-electron chi connectivity index (χ2n) is 4.61. The third-order valence-electron chi connectivity index (χ3n) is 2.80. The molecule has 0 saturated carbocycles. The first-order valence-electron chi connectivity index (χ1n) is 6.11. The molecule has 0 heterocycles. The average molecular weight is 434 g/mol. The number of sulfonamides is 1. The van der Waals surface area contributed by atoms with Crippen molar-refractivity contribution in [1.82, 2.24) is 0 Å². The van der Waals surface area contributed by atoms with Crippen LogP contribution in [0.25, 0.3) is 0 Å². The first-order chi connectivity index (χ1) is 9.83. The Morgan fingerprint density at radius 1 is 0.952 bits per heavy atom. The van der Waals surface area contributed by atoms with Crippen molar-refractivity contribution in [1.29, 1.82) is 0 Å². The van der Waals surface area contributed by atoms with E-state index < -0.39 is 10.0 Å². The summed E-state index contributed by atoms with van der Waals surface area (Å²) in [7, 11) is -3.48. The highest BCUT2D eigenvalue weighted by atomic mass is 79.9. The Balaban J connectivity index is 1.99. The summed E-state index contributed by atoms with van der Waals surface area (Å²) in [6, 6.07) is 13.2. The molecule has 0 aliphatic heterocycles. The number of primary sulfonamides is 1. The van der Waals surface area contributed by atoms with Crippen molar-refractivity contribution in [3.8, 4) is 0 Å². The topological polar surface area (TPSA) is 72.2 Å². The van der Waals surface area contributed by atoms with Crippen LogP contribution in [0.3, 0.4) is 0 Å². The molecule has 0 saturated heterocycles. The van der Waals surface area contributed by atoms with E-state index in [0.29, 0.717) is 12.1 Å². The molecule has 2 aromatic rings. The lowest BCUT2D eigenvalue weighted by Crippen LogP contribution is -2.14. The summed E-state index contributed by atoms with van der Waals surface area (Å²) in [6.45, 7) is 0.681. The van der Waals surface area contributed by atoms with Crippen LogP contribution in [-0.4, -0.2) is 8.42 Å². The van der Waals surface area contributed by atoms with Crippen molar-refractivity contribution in [2.75, 3.05) is 5.32 Å². The van der Waals surface area contributed by atoms with E-state index in [0.717, 1.165) is 20.2 Å². The second kappa shape index (κ2) is 6.91. The van der Waals surface area contributed by atoms with E-state index in [4.69, 9.17) is 5.14 Å². The molecule has 2 aromatic carbocycles. The zero-order chi connectivity index (χ0) is 15.5. The van der Waals surface area contributed by atoms with Gasteiger partial charge in [0, 0.05) is 21.2 Å². The van der Waals surface area contributed by atoms with Crippen molar-refractivity contribution in [3.05, 3.63) is 62.5 Å². The van der Waals surface area contributed by atoms with Crippen LogP contribution >= 0.6 is 31.9 Å². The van der Waals surface area contributed by atoms with Crippen LogP contribution in [0.4, 0.5) is 5.69 Å². The van der Waals surface area contributed by atoms with E-state index in [-0.39, 0.29) is 5.75 Å². The van der Waals surface area contributed by atoms with Gasteiger partial charge in [0.15, 0.2) is 0 Å². The van der Waals surface area contributed by atoms with Gasteiger partial charge in [-0.2, -0.15) is 0 Å². The normalized spacial score (nSPS) is 11.4. The predicted octanol–water partition coefficient (Wildman–Crippen LogP) is 3.61. The van der Waals surface area contributed by atoms with Gasteiger partial charge in [-0.15, -0.1) is 0 Å². The van der Waals surface area contributed by atoms with Crippen LogP contribution in [0.15, 0.2) is 51.4 Å². The summed E-state index contributed by atoms with van der Waals surface area (Å²) < 4.78 is 24.0. The number of hydrogen-bond donors (Lipinski definition) is 2. The van der Waals surface area contributed by atoms with Crippen LogP contribution < -0.4 is 10.5 Å². The van der Waals surface area contributed by atoms with E-state index in [1.165, 1.54) is 0 Å². The van der Waals surface area contributed by atoms with Gasteiger partial charge in [-0.05, 0) is 67.3 Å². The highest BCUT2D eigenvalue weighted by molar-refractivity contribution is 9.13. The Kier molecular flexibility index (Phi) is 5.43. The monoisotopic (exact) mass is 432 g/mol. The molecule has 0 unspecified atom stereocenters. The number of benzene rings is 2. The maximum Gasteiger partial charge on any atom is 0.213 e. The first kappa shape index (κ1) is 16.5. The van der Waals surface area contributed by atoms with Crippen LogP contribution in [0.1, 0.15) is 11.1 Å². The fourth-order valence-electron chi connectivity index (χ4n) is 1.80. The molecule has 0 atom stereocenters. The molecule has 0 bridgehead atoms. The summed E-state index contributed by atoms with van der Waals surface area (Å²) >= 11 is 6.90. The fourth-order valence-corrected chi connectivity index (χ4v) is 3.13. The van der Waals surface area contributed by atoms with Gasteiger partial charge >= 0.3 is 0 Å². The van der Waals surface area contributed by atoms with Crippen molar-refractivity contribution in [2.45, 2.75) is 12.3 Å². The third kappa shape index (κ3) is 5.43. The summed E-state index contributed by atoms with van der Waals surface area (Å²) in [5, 5.41) is 8.30. The van der Waals surface area contributed by atoms with E-state index in [2.05, 4.69) is 37.2 Å². The summed E-state index contributed by atoms with van der Waals surface area (Å²) in [5.41, 5.74) is 2.74. The van der Waals surface area contributed by atoms with Crippen LogP contribution in [0.2, 0.25) is 0 Å². The van der Waals surface area contributed by atoms with Gasteiger partial charge in [0.1, 0.15) is 0 Å². The molecule has 21 heavy (non-hydrogen) atoms. The lowest BCUT2D eigenvalue weighted by molar-refractivity contribution is 0.597.